The fourth-order valence-electron chi connectivity index (χ4n) is 4.17. The molecule has 0 aromatic rings. The largest absolute Gasteiger partial charge is 0.392 e. The second-order valence-corrected chi connectivity index (χ2v) is 9.55. The number of hydrogen-bond acceptors (Lipinski definition) is 6. The first-order chi connectivity index (χ1) is 15.9. The topological polar surface area (TPSA) is 71.4 Å². The average molecular weight is 476 g/mol. The van der Waals surface area contributed by atoms with Gasteiger partial charge < -0.3 is 24.4 Å². The molecule has 0 aromatic carbocycles. The zero-order valence-corrected chi connectivity index (χ0v) is 22.8. The second kappa shape index (κ2) is 21.1. The molecular formula is C27H57NO5. The Bertz CT molecular complexity index is 401. The maximum atomic E-state index is 10.3. The van der Waals surface area contributed by atoms with Gasteiger partial charge in [0.05, 0.1) is 25.4 Å². The molecule has 0 aliphatic carbocycles. The van der Waals surface area contributed by atoms with E-state index in [1.54, 1.807) is 13.8 Å². The summed E-state index contributed by atoms with van der Waals surface area (Å²) in [5, 5.41) is 20.5. The van der Waals surface area contributed by atoms with Crippen molar-refractivity contribution in [2.24, 2.45) is 0 Å². The third-order valence-corrected chi connectivity index (χ3v) is 5.69. The van der Waals surface area contributed by atoms with Crippen molar-refractivity contribution in [2.75, 3.05) is 32.9 Å². The predicted molar refractivity (Wildman–Crippen MR) is 137 cm³/mol. The van der Waals surface area contributed by atoms with Crippen molar-refractivity contribution >= 4 is 0 Å². The minimum atomic E-state index is -1.11. The Morgan fingerprint density at radius 1 is 0.636 bits per heavy atom. The average Bonchev–Trinajstić information content (AvgIpc) is 2.77. The molecule has 0 bridgehead atoms. The van der Waals surface area contributed by atoms with Crippen molar-refractivity contribution in [2.45, 2.75) is 143 Å². The van der Waals surface area contributed by atoms with Crippen LogP contribution in [0.25, 0.3) is 0 Å². The fourth-order valence-corrected chi connectivity index (χ4v) is 4.17. The van der Waals surface area contributed by atoms with Crippen LogP contribution in [0.15, 0.2) is 0 Å². The van der Waals surface area contributed by atoms with Gasteiger partial charge in [-0.05, 0) is 39.5 Å². The van der Waals surface area contributed by atoms with E-state index < -0.39 is 18.1 Å². The first-order valence-corrected chi connectivity index (χ1v) is 13.9. The van der Waals surface area contributed by atoms with Crippen LogP contribution in [-0.2, 0) is 14.2 Å². The third kappa shape index (κ3) is 14.7. The van der Waals surface area contributed by atoms with E-state index in [1.807, 2.05) is 4.90 Å². The zero-order chi connectivity index (χ0) is 25.0. The highest BCUT2D eigenvalue weighted by atomic mass is 16.7. The van der Waals surface area contributed by atoms with Crippen LogP contribution in [0.4, 0.5) is 0 Å². The first kappa shape index (κ1) is 32.8. The Balaban J connectivity index is 5.62. The van der Waals surface area contributed by atoms with Gasteiger partial charge in [0.1, 0.15) is 6.10 Å². The Morgan fingerprint density at radius 3 is 1.52 bits per heavy atom. The quantitative estimate of drug-likeness (QED) is 0.134. The molecule has 6 heteroatoms. The molecule has 200 valence electrons. The summed E-state index contributed by atoms with van der Waals surface area (Å²) in [4.78, 5) is 1.97. The van der Waals surface area contributed by atoms with E-state index in [2.05, 4.69) is 27.7 Å². The molecule has 3 atom stereocenters. The minimum Gasteiger partial charge on any atom is -0.392 e. The summed E-state index contributed by atoms with van der Waals surface area (Å²) < 4.78 is 19.4. The zero-order valence-electron chi connectivity index (χ0n) is 22.8. The van der Waals surface area contributed by atoms with Crippen molar-refractivity contribution in [1.82, 2.24) is 4.90 Å². The summed E-state index contributed by atoms with van der Waals surface area (Å²) in [5.41, 5.74) is 0. The summed E-state index contributed by atoms with van der Waals surface area (Å²) in [6.07, 6.45) is 12.0. The van der Waals surface area contributed by atoms with Gasteiger partial charge in [0, 0.05) is 19.7 Å². The molecule has 6 nitrogen and oxygen atoms in total. The van der Waals surface area contributed by atoms with Gasteiger partial charge in [0.15, 0.2) is 0 Å². The summed E-state index contributed by atoms with van der Waals surface area (Å²) in [7, 11) is 0. The van der Waals surface area contributed by atoms with Gasteiger partial charge in [-0.1, -0.05) is 79.1 Å². The molecule has 0 rings (SSSR count). The molecule has 0 heterocycles. The lowest BCUT2D eigenvalue weighted by molar-refractivity contribution is -0.367. The van der Waals surface area contributed by atoms with E-state index in [1.165, 1.54) is 44.9 Å². The number of ether oxygens (including phenoxy) is 3. The molecule has 0 saturated heterocycles. The van der Waals surface area contributed by atoms with Gasteiger partial charge in [0.25, 0.3) is 5.91 Å². The molecule has 0 fully saturated rings. The maximum Gasteiger partial charge on any atom is 0.257 e. The van der Waals surface area contributed by atoms with Crippen molar-refractivity contribution in [3.63, 3.8) is 0 Å². The molecule has 0 aromatic heterocycles. The first-order valence-electron chi connectivity index (χ1n) is 13.9. The lowest BCUT2D eigenvalue weighted by atomic mass is 10.0. The highest BCUT2D eigenvalue weighted by Crippen LogP contribution is 2.31. The molecule has 0 radical (unpaired) electrons. The fraction of sp³-hybridized carbons (Fsp3) is 1.00. The van der Waals surface area contributed by atoms with Crippen LogP contribution >= 0.6 is 0 Å². The smallest absolute Gasteiger partial charge is 0.257 e. The van der Waals surface area contributed by atoms with E-state index in [9.17, 15) is 10.2 Å². The normalized spacial score (nSPS) is 15.2. The lowest BCUT2D eigenvalue weighted by Gasteiger charge is -2.48. The Kier molecular flexibility index (Phi) is 20.9. The molecule has 2 N–H and O–H groups in total. The maximum absolute atomic E-state index is 10.3. The summed E-state index contributed by atoms with van der Waals surface area (Å²) in [6.45, 7) is 14.4. The standard InChI is InChI=1S/C27H57NO5/c1-7-11-12-13-14-15-16-17-18-26(31-19-8-2)27(32-20-9-3,33-21-10-4)28(22-24(5)29)23-25(6)30/h24-26,29-30H,7-23H2,1-6H3. The Morgan fingerprint density at radius 2 is 1.09 bits per heavy atom. The van der Waals surface area contributed by atoms with Crippen LogP contribution in [0.2, 0.25) is 0 Å². The third-order valence-electron chi connectivity index (χ3n) is 5.69. The number of aliphatic hydroxyl groups is 2. The van der Waals surface area contributed by atoms with Crippen molar-refractivity contribution in [3.05, 3.63) is 0 Å². The van der Waals surface area contributed by atoms with Gasteiger partial charge >= 0.3 is 0 Å². The second-order valence-electron chi connectivity index (χ2n) is 9.55. The van der Waals surface area contributed by atoms with Crippen LogP contribution < -0.4 is 0 Å². The summed E-state index contributed by atoms with van der Waals surface area (Å²) in [5.74, 6) is -1.11. The van der Waals surface area contributed by atoms with Gasteiger partial charge in [-0.15, -0.1) is 0 Å². The molecule has 0 aliphatic rings. The van der Waals surface area contributed by atoms with Crippen LogP contribution in [-0.4, -0.2) is 72.2 Å². The van der Waals surface area contributed by atoms with Crippen LogP contribution in [0.3, 0.4) is 0 Å². The summed E-state index contributed by atoms with van der Waals surface area (Å²) >= 11 is 0. The Hall–Kier alpha value is -0.240. The van der Waals surface area contributed by atoms with Crippen molar-refractivity contribution in [3.8, 4) is 0 Å². The molecule has 3 unspecified atom stereocenters. The van der Waals surface area contributed by atoms with E-state index in [4.69, 9.17) is 14.2 Å². The highest BCUT2D eigenvalue weighted by molar-refractivity contribution is 4.85. The van der Waals surface area contributed by atoms with Crippen LogP contribution in [0.5, 0.6) is 0 Å². The van der Waals surface area contributed by atoms with Gasteiger partial charge in [-0.25, -0.2) is 4.90 Å². The molecule has 0 aliphatic heterocycles. The van der Waals surface area contributed by atoms with Crippen molar-refractivity contribution in [1.29, 1.82) is 0 Å². The van der Waals surface area contributed by atoms with Crippen molar-refractivity contribution < 1.29 is 24.4 Å². The van der Waals surface area contributed by atoms with Crippen LogP contribution in [0.1, 0.15) is 119 Å². The number of aliphatic hydroxyl groups excluding tert-OH is 2. The van der Waals surface area contributed by atoms with E-state index in [-0.39, 0.29) is 6.10 Å². The van der Waals surface area contributed by atoms with Gasteiger partial charge in [0.2, 0.25) is 0 Å². The minimum absolute atomic E-state index is 0.284. The molecule has 33 heavy (non-hydrogen) atoms. The predicted octanol–water partition coefficient (Wildman–Crippen LogP) is 5.88. The molecule has 0 saturated carbocycles. The monoisotopic (exact) mass is 475 g/mol. The molecule has 0 spiro atoms. The summed E-state index contributed by atoms with van der Waals surface area (Å²) in [6, 6.07) is 0. The molecule has 0 amide bonds. The number of nitrogens with zero attached hydrogens (tertiary/aromatic N) is 1. The number of unbranched alkanes of at least 4 members (excludes halogenated alkanes) is 7. The SMILES string of the molecule is CCCCCCCCCCC(OCCC)C(OCCC)(OCCC)N(CC(C)O)CC(C)O. The highest BCUT2D eigenvalue weighted by Gasteiger charge is 2.48. The Labute approximate surface area is 205 Å². The molecular weight excluding hydrogens is 418 g/mol. The van der Waals surface area contributed by atoms with E-state index in [0.717, 1.165) is 32.1 Å². The van der Waals surface area contributed by atoms with Gasteiger partial charge in [-0.3, -0.25) is 0 Å². The van der Waals surface area contributed by atoms with E-state index in [0.29, 0.717) is 32.9 Å². The van der Waals surface area contributed by atoms with Gasteiger partial charge in [-0.2, -0.15) is 0 Å². The van der Waals surface area contributed by atoms with Crippen LogP contribution in [0, 0.1) is 0 Å². The number of hydrogen-bond donors (Lipinski definition) is 2. The lowest BCUT2D eigenvalue weighted by Crippen LogP contribution is -2.64. The van der Waals surface area contributed by atoms with E-state index >= 15 is 0 Å². The number of rotatable bonds is 24.